The minimum absolute atomic E-state index is 0.0335. The van der Waals surface area contributed by atoms with Crippen molar-refractivity contribution in [3.8, 4) is 0 Å². The average molecular weight is 726 g/mol. The molecule has 2 aliphatic heterocycles. The van der Waals surface area contributed by atoms with Crippen LogP contribution < -0.4 is 10.6 Å². The number of nitrogens with one attached hydrogen (secondary N) is 2. The summed E-state index contributed by atoms with van der Waals surface area (Å²) in [6.45, 7) is 7.50. The van der Waals surface area contributed by atoms with Gasteiger partial charge in [0.25, 0.3) is 0 Å². The van der Waals surface area contributed by atoms with Crippen LogP contribution in [0.5, 0.6) is 0 Å². The fourth-order valence-electron chi connectivity index (χ4n) is 6.61. The lowest BCUT2D eigenvalue weighted by atomic mass is 9.97. The monoisotopic (exact) mass is 725 g/mol. The lowest BCUT2D eigenvalue weighted by molar-refractivity contribution is -0.128. The Kier molecular flexibility index (Phi) is 12.6. The van der Waals surface area contributed by atoms with Crippen LogP contribution in [0.15, 0.2) is 70.0 Å². The molecular formula is C35H47N7O6S2. The molecule has 3 amide bonds. The molecule has 2 aromatic carbocycles. The van der Waals surface area contributed by atoms with Crippen LogP contribution in [0.2, 0.25) is 0 Å². The molecule has 270 valence electrons. The Morgan fingerprint density at radius 2 is 1.92 bits per heavy atom. The van der Waals surface area contributed by atoms with Crippen LogP contribution in [0.3, 0.4) is 0 Å². The number of benzene rings is 2. The number of amides is 3. The van der Waals surface area contributed by atoms with Crippen LogP contribution in [-0.4, -0.2) is 113 Å². The molecule has 5 rings (SSSR count). The van der Waals surface area contributed by atoms with Crippen LogP contribution >= 0.6 is 11.3 Å². The Labute approximate surface area is 298 Å². The number of nitrogens with zero attached hydrogens (tertiary/aromatic N) is 5. The summed E-state index contributed by atoms with van der Waals surface area (Å²) in [6, 6.07) is 13.3. The molecule has 4 atom stereocenters. The van der Waals surface area contributed by atoms with E-state index in [2.05, 4.69) is 20.8 Å². The van der Waals surface area contributed by atoms with Gasteiger partial charge in [-0.25, -0.2) is 18.2 Å². The van der Waals surface area contributed by atoms with E-state index in [1.165, 1.54) is 46.1 Å². The third-order valence-electron chi connectivity index (χ3n) is 9.17. The highest BCUT2D eigenvalue weighted by molar-refractivity contribution is 7.89. The number of oxime groups is 1. The van der Waals surface area contributed by atoms with Gasteiger partial charge in [0.15, 0.2) is 0 Å². The molecule has 0 bridgehead atoms. The van der Waals surface area contributed by atoms with E-state index in [4.69, 9.17) is 5.21 Å². The number of sulfonamides is 1. The van der Waals surface area contributed by atoms with Crippen molar-refractivity contribution in [2.45, 2.75) is 75.7 Å². The lowest BCUT2D eigenvalue weighted by Gasteiger charge is -2.34. The Bertz CT molecular complexity index is 1710. The molecule has 0 saturated carbocycles. The van der Waals surface area contributed by atoms with Crippen molar-refractivity contribution in [1.29, 1.82) is 0 Å². The summed E-state index contributed by atoms with van der Waals surface area (Å²) in [5, 5.41) is 33.0. The second-order valence-electron chi connectivity index (χ2n) is 13.2. The first-order valence-corrected chi connectivity index (χ1v) is 19.3. The summed E-state index contributed by atoms with van der Waals surface area (Å²) >= 11 is 1.52. The van der Waals surface area contributed by atoms with E-state index in [-0.39, 0.29) is 42.4 Å². The number of rotatable bonds is 16. The largest absolute Gasteiger partial charge is 0.411 e. The Morgan fingerprint density at radius 1 is 1.18 bits per heavy atom. The predicted molar refractivity (Wildman–Crippen MR) is 192 cm³/mol. The molecule has 0 aliphatic carbocycles. The van der Waals surface area contributed by atoms with Crippen molar-refractivity contribution in [3.63, 3.8) is 0 Å². The molecule has 50 heavy (non-hydrogen) atoms. The summed E-state index contributed by atoms with van der Waals surface area (Å²) in [5.74, 6) is -0.646. The van der Waals surface area contributed by atoms with Crippen LogP contribution in [0.25, 0.3) is 0 Å². The van der Waals surface area contributed by atoms with Gasteiger partial charge in [-0.1, -0.05) is 61.5 Å². The Morgan fingerprint density at radius 3 is 2.54 bits per heavy atom. The van der Waals surface area contributed by atoms with Crippen molar-refractivity contribution < 1.29 is 28.3 Å². The van der Waals surface area contributed by atoms with Crippen molar-refractivity contribution in [1.82, 2.24) is 29.7 Å². The molecule has 3 heterocycles. The first-order valence-electron chi connectivity index (χ1n) is 17.0. The van der Waals surface area contributed by atoms with Gasteiger partial charge < -0.3 is 30.7 Å². The van der Waals surface area contributed by atoms with Gasteiger partial charge in [-0.2, -0.15) is 4.31 Å². The van der Waals surface area contributed by atoms with Crippen molar-refractivity contribution >= 4 is 39.5 Å². The predicted octanol–water partition coefficient (Wildman–Crippen LogP) is 3.05. The van der Waals surface area contributed by atoms with Crippen LogP contribution in [0.1, 0.15) is 48.5 Å². The maximum atomic E-state index is 14.1. The zero-order chi connectivity index (χ0) is 35.8. The number of urea groups is 1. The van der Waals surface area contributed by atoms with E-state index in [0.717, 1.165) is 35.7 Å². The second kappa shape index (κ2) is 16.9. The molecule has 15 heteroatoms. The molecule has 2 aliphatic rings. The van der Waals surface area contributed by atoms with Crippen molar-refractivity contribution in [2.75, 3.05) is 32.7 Å². The second-order valence-corrected chi connectivity index (χ2v) is 16.2. The van der Waals surface area contributed by atoms with Crippen LogP contribution in [-0.2, 0) is 27.8 Å². The fraction of sp³-hybridized carbons (Fsp3) is 0.486. The van der Waals surface area contributed by atoms with Gasteiger partial charge in [0.1, 0.15) is 6.04 Å². The molecule has 2 unspecified atom stereocenters. The Balaban J connectivity index is 1.38. The number of thiazole rings is 1. The third-order valence-corrected chi connectivity index (χ3v) is 11.8. The number of aryl methyl sites for hydroxylation is 1. The standard InChI is InChI=1S/C35H47N7O6S2/c1-24(2)33(42-17-16-40(35(42)45)20-29-23-49-25(3)38-29)34(44)39-31(18-26-8-5-4-6-9-26)32(43)22-41(21-28-10-7-15-36-28)50(47,48)30-13-11-27(12-14-30)19-37-46/h4-6,8-9,11-14,19,23-24,28,31-33,36,43,46H,7,10,15-18,20-22H2,1-3H3,(H,39,44)/b37-19+/t28?,31-,32?,33+/m0/s1. The van der Waals surface area contributed by atoms with Gasteiger partial charge in [-0.05, 0) is 61.9 Å². The number of aromatic nitrogens is 1. The van der Waals surface area contributed by atoms with Gasteiger partial charge in [0.05, 0.1) is 40.5 Å². The highest BCUT2D eigenvalue weighted by Gasteiger charge is 2.41. The molecule has 2 fully saturated rings. The Hall–Kier alpha value is -3.89. The van der Waals surface area contributed by atoms with E-state index in [0.29, 0.717) is 25.2 Å². The molecule has 4 N–H and O–H groups in total. The minimum atomic E-state index is -4.08. The summed E-state index contributed by atoms with van der Waals surface area (Å²) in [4.78, 5) is 35.5. The van der Waals surface area contributed by atoms with Crippen LogP contribution in [0, 0.1) is 12.8 Å². The zero-order valence-corrected chi connectivity index (χ0v) is 30.3. The van der Waals surface area contributed by atoms with E-state index in [9.17, 15) is 23.1 Å². The SMILES string of the molecule is Cc1nc(CN2CCN([C@@H](C(=O)N[C@@H](Cc3ccccc3)C(O)CN(CC3CCCN3)S(=O)(=O)c3ccc(/C=N/O)cc3)C(C)C)C2=O)cs1. The molecule has 1 aromatic heterocycles. The van der Waals surface area contributed by atoms with Crippen molar-refractivity contribution in [2.24, 2.45) is 11.1 Å². The van der Waals surface area contributed by atoms with Crippen LogP contribution in [0.4, 0.5) is 4.79 Å². The number of hydrogen-bond acceptors (Lipinski definition) is 10. The zero-order valence-electron chi connectivity index (χ0n) is 28.7. The third kappa shape index (κ3) is 9.26. The average Bonchev–Trinajstić information content (AvgIpc) is 3.84. The number of hydrogen-bond donors (Lipinski definition) is 4. The molecule has 0 spiro atoms. The van der Waals surface area contributed by atoms with E-state index >= 15 is 0 Å². The fourth-order valence-corrected chi connectivity index (χ4v) is 8.72. The van der Waals surface area contributed by atoms with Gasteiger partial charge in [-0.15, -0.1) is 11.3 Å². The molecule has 3 aromatic rings. The quantitative estimate of drug-likeness (QED) is 0.0994. The summed E-state index contributed by atoms with van der Waals surface area (Å²) in [5.41, 5.74) is 2.19. The number of carbonyl (C=O) groups is 2. The van der Waals surface area contributed by atoms with Gasteiger partial charge in [0.2, 0.25) is 15.9 Å². The minimum Gasteiger partial charge on any atom is -0.411 e. The maximum Gasteiger partial charge on any atom is 0.321 e. The summed E-state index contributed by atoms with van der Waals surface area (Å²) < 4.78 is 29.4. The van der Waals surface area contributed by atoms with E-state index < -0.39 is 34.1 Å². The smallest absolute Gasteiger partial charge is 0.321 e. The molecule has 2 saturated heterocycles. The molecular weight excluding hydrogens is 679 g/mol. The topological polar surface area (TPSA) is 168 Å². The van der Waals surface area contributed by atoms with E-state index in [1.54, 1.807) is 9.80 Å². The van der Waals surface area contributed by atoms with E-state index in [1.807, 2.05) is 56.5 Å². The lowest BCUT2D eigenvalue weighted by Crippen LogP contribution is -2.57. The number of carbonyl (C=O) groups excluding carboxylic acids is 2. The first kappa shape index (κ1) is 37.4. The van der Waals surface area contributed by atoms with Gasteiger partial charge in [-0.3, -0.25) is 4.79 Å². The van der Waals surface area contributed by atoms with Gasteiger partial charge in [0, 0.05) is 37.6 Å². The first-order chi connectivity index (χ1) is 24.0. The normalized spacial score (nSPS) is 18.8. The number of aliphatic hydroxyl groups is 1. The summed E-state index contributed by atoms with van der Waals surface area (Å²) in [7, 11) is -4.08. The molecule has 0 radical (unpaired) electrons. The van der Waals surface area contributed by atoms with Crippen molar-refractivity contribution in [3.05, 3.63) is 81.8 Å². The summed E-state index contributed by atoms with van der Waals surface area (Å²) in [6.07, 6.45) is 1.86. The van der Waals surface area contributed by atoms with Gasteiger partial charge >= 0.3 is 6.03 Å². The molecule has 13 nitrogen and oxygen atoms in total. The highest BCUT2D eigenvalue weighted by atomic mass is 32.2. The highest BCUT2D eigenvalue weighted by Crippen LogP contribution is 2.23. The number of aliphatic hydroxyl groups excluding tert-OH is 1. The maximum absolute atomic E-state index is 14.1.